The number of H-pyrrole nitrogens is 1. The fourth-order valence-electron chi connectivity index (χ4n) is 1.11. The predicted molar refractivity (Wildman–Crippen MR) is 57.4 cm³/mol. The average molecular weight is 289 g/mol. The third kappa shape index (κ3) is 5.68. The summed E-state index contributed by atoms with van der Waals surface area (Å²) >= 11 is 0. The van der Waals surface area contributed by atoms with Crippen LogP contribution in [-0.4, -0.2) is 9.97 Å². The first-order chi connectivity index (χ1) is 6.61. The van der Waals surface area contributed by atoms with E-state index in [1.165, 1.54) is 5.57 Å². The van der Waals surface area contributed by atoms with Crippen LogP contribution in [0, 0.1) is 17.8 Å². The van der Waals surface area contributed by atoms with Gasteiger partial charge in [-0.3, -0.25) is 6.08 Å². The topological polar surface area (TPSA) is 28.7 Å². The molecular formula is C12H16N2Ru. The normalized spacial score (nSPS) is 13.7. The van der Waals surface area contributed by atoms with Crippen molar-refractivity contribution in [3.8, 4) is 0 Å². The monoisotopic (exact) mass is 290 g/mol. The summed E-state index contributed by atoms with van der Waals surface area (Å²) in [6.07, 6.45) is 14.5. The molecule has 0 bridgehead atoms. The Morgan fingerprint density at radius 2 is 2.13 bits per heavy atom. The van der Waals surface area contributed by atoms with Crippen LogP contribution in [0.25, 0.3) is 0 Å². The van der Waals surface area contributed by atoms with E-state index in [9.17, 15) is 0 Å². The molecule has 1 aromatic rings. The van der Waals surface area contributed by atoms with Crippen molar-refractivity contribution in [1.29, 1.82) is 0 Å². The van der Waals surface area contributed by atoms with E-state index in [0.717, 1.165) is 6.42 Å². The zero-order valence-electron chi connectivity index (χ0n) is 9.32. The van der Waals surface area contributed by atoms with Crippen LogP contribution < -0.4 is 0 Å². The zero-order chi connectivity index (χ0) is 10.4. The number of nitrogens with one attached hydrogen (secondary N) is 1. The zero-order valence-corrected chi connectivity index (χ0v) is 11.1. The first kappa shape index (κ1) is 14.3. The van der Waals surface area contributed by atoms with Gasteiger partial charge in [-0.05, 0) is 11.7 Å². The number of aromatic amines is 1. The minimum atomic E-state index is 0. The van der Waals surface area contributed by atoms with Gasteiger partial charge in [0, 0.05) is 0 Å². The molecule has 0 unspecified atom stereocenters. The van der Waals surface area contributed by atoms with Gasteiger partial charge in [0.1, 0.15) is 0 Å². The van der Waals surface area contributed by atoms with Crippen molar-refractivity contribution in [3.63, 3.8) is 0 Å². The Morgan fingerprint density at radius 3 is 2.33 bits per heavy atom. The SMILES string of the molecule is CC(C)(C)C1=[C-]CC=C1.[Ru+2].[c-]1ncc[nH]1. The summed E-state index contributed by atoms with van der Waals surface area (Å²) < 4.78 is 0. The van der Waals surface area contributed by atoms with Crippen molar-refractivity contribution in [2.75, 3.05) is 0 Å². The number of hydrogen-bond donors (Lipinski definition) is 1. The molecule has 82 valence electrons. The summed E-state index contributed by atoms with van der Waals surface area (Å²) in [7, 11) is 0. The van der Waals surface area contributed by atoms with E-state index in [0.29, 0.717) is 5.41 Å². The second-order valence-corrected chi connectivity index (χ2v) is 4.15. The minimum absolute atomic E-state index is 0. The molecule has 1 heterocycles. The summed E-state index contributed by atoms with van der Waals surface area (Å²) in [5, 5.41) is 0. The summed E-state index contributed by atoms with van der Waals surface area (Å²) in [6.45, 7) is 6.64. The van der Waals surface area contributed by atoms with E-state index >= 15 is 0 Å². The Kier molecular flexibility index (Phi) is 6.43. The Labute approximate surface area is 105 Å². The van der Waals surface area contributed by atoms with Crippen molar-refractivity contribution in [2.45, 2.75) is 27.2 Å². The quantitative estimate of drug-likeness (QED) is 0.577. The minimum Gasteiger partial charge on any atom is -0.467 e. The maximum atomic E-state index is 3.54. The van der Waals surface area contributed by atoms with Crippen LogP contribution in [0.5, 0.6) is 0 Å². The fraction of sp³-hybridized carbons (Fsp3) is 0.417. The molecule has 2 rings (SSSR count). The van der Waals surface area contributed by atoms with Gasteiger partial charge in [0.25, 0.3) is 0 Å². The van der Waals surface area contributed by atoms with Crippen molar-refractivity contribution in [1.82, 2.24) is 9.97 Å². The number of allylic oxidation sites excluding steroid dienone is 4. The van der Waals surface area contributed by atoms with E-state index in [-0.39, 0.29) is 19.5 Å². The number of aromatic nitrogens is 2. The molecule has 15 heavy (non-hydrogen) atoms. The van der Waals surface area contributed by atoms with Crippen molar-refractivity contribution in [2.24, 2.45) is 5.41 Å². The Bertz CT molecular complexity index is 288. The second-order valence-electron chi connectivity index (χ2n) is 4.15. The van der Waals surface area contributed by atoms with Crippen LogP contribution in [-0.2, 0) is 19.5 Å². The standard InChI is InChI=1S/C9H13.C3H3N2.Ru/c1-9(2,3)8-6-4-5-7-8;1-2-5-3-4-1;/h4,6H,5H2,1-3H3;1-2H,(H,4,5);/q2*-1;+2. The number of imidazole rings is 1. The van der Waals surface area contributed by atoms with Crippen LogP contribution >= 0.6 is 0 Å². The fourth-order valence-corrected chi connectivity index (χ4v) is 1.11. The molecule has 0 fully saturated rings. The molecule has 0 aliphatic heterocycles. The third-order valence-corrected chi connectivity index (χ3v) is 1.86. The van der Waals surface area contributed by atoms with E-state index in [2.05, 4.69) is 55.3 Å². The molecular weight excluding hydrogens is 273 g/mol. The molecule has 1 N–H and O–H groups in total. The van der Waals surface area contributed by atoms with Gasteiger partial charge >= 0.3 is 19.5 Å². The third-order valence-electron chi connectivity index (χ3n) is 1.86. The van der Waals surface area contributed by atoms with Gasteiger partial charge in [-0.2, -0.15) is 6.08 Å². The maximum absolute atomic E-state index is 3.54. The van der Waals surface area contributed by atoms with Crippen molar-refractivity contribution in [3.05, 3.63) is 42.5 Å². The van der Waals surface area contributed by atoms with Gasteiger partial charge in [-0.15, -0.1) is 18.8 Å². The predicted octanol–water partition coefficient (Wildman–Crippen LogP) is 2.93. The van der Waals surface area contributed by atoms with Gasteiger partial charge in [0.15, 0.2) is 0 Å². The Balaban J connectivity index is 0.000000280. The molecule has 0 spiro atoms. The van der Waals surface area contributed by atoms with E-state index in [1.54, 1.807) is 12.4 Å². The van der Waals surface area contributed by atoms with Gasteiger partial charge in [-0.25, -0.2) is 11.6 Å². The summed E-state index contributed by atoms with van der Waals surface area (Å²) in [5.41, 5.74) is 1.65. The molecule has 0 radical (unpaired) electrons. The van der Waals surface area contributed by atoms with Crippen LogP contribution in [0.2, 0.25) is 0 Å². The summed E-state index contributed by atoms with van der Waals surface area (Å²) in [5.74, 6) is 0. The van der Waals surface area contributed by atoms with E-state index < -0.39 is 0 Å². The smallest absolute Gasteiger partial charge is 0.467 e. The summed E-state index contributed by atoms with van der Waals surface area (Å²) in [6, 6.07) is 0. The molecule has 3 heteroatoms. The Hall–Kier alpha value is -0.687. The second kappa shape index (κ2) is 6.73. The average Bonchev–Trinajstić information content (AvgIpc) is 2.80. The van der Waals surface area contributed by atoms with Gasteiger partial charge in [0.05, 0.1) is 0 Å². The Morgan fingerprint density at radius 1 is 1.40 bits per heavy atom. The largest absolute Gasteiger partial charge is 2.00 e. The molecule has 1 aliphatic carbocycles. The number of rotatable bonds is 0. The first-order valence-electron chi connectivity index (χ1n) is 4.74. The molecule has 0 saturated carbocycles. The van der Waals surface area contributed by atoms with Crippen LogP contribution in [0.4, 0.5) is 0 Å². The molecule has 0 saturated heterocycles. The number of hydrogen-bond acceptors (Lipinski definition) is 1. The van der Waals surface area contributed by atoms with Gasteiger partial charge < -0.3 is 9.97 Å². The van der Waals surface area contributed by atoms with Gasteiger partial charge in [0.2, 0.25) is 0 Å². The van der Waals surface area contributed by atoms with E-state index in [1.807, 2.05) is 0 Å². The molecule has 1 aromatic heterocycles. The van der Waals surface area contributed by atoms with Crippen molar-refractivity contribution >= 4 is 0 Å². The molecule has 1 aliphatic rings. The van der Waals surface area contributed by atoms with Crippen LogP contribution in [0.15, 0.2) is 30.1 Å². The van der Waals surface area contributed by atoms with Crippen molar-refractivity contribution < 1.29 is 19.5 Å². The van der Waals surface area contributed by atoms with Gasteiger partial charge in [-0.1, -0.05) is 20.8 Å². The number of nitrogens with zero attached hydrogens (tertiary/aromatic N) is 1. The van der Waals surface area contributed by atoms with Crippen LogP contribution in [0.3, 0.4) is 0 Å². The first-order valence-corrected chi connectivity index (χ1v) is 4.74. The van der Waals surface area contributed by atoms with E-state index in [4.69, 9.17) is 0 Å². The molecule has 2 nitrogen and oxygen atoms in total. The molecule has 0 atom stereocenters. The molecule has 0 amide bonds. The van der Waals surface area contributed by atoms with Crippen LogP contribution in [0.1, 0.15) is 27.2 Å². The summed E-state index contributed by atoms with van der Waals surface area (Å²) in [4.78, 5) is 6.17. The molecule has 0 aromatic carbocycles. The maximum Gasteiger partial charge on any atom is 2.00 e.